The predicted molar refractivity (Wildman–Crippen MR) is 17.0 cm³/mol. The Labute approximate surface area is 30.7 Å². The Balaban J connectivity index is 2.54. The molecule has 0 aliphatic rings. The molecular weight excluding hydrogens is 71.0 g/mol. The van der Waals surface area contributed by atoms with Gasteiger partial charge in [-0.1, -0.05) is 0 Å². The molecule has 1 nitrogen and oxygen atoms in total. The van der Waals surface area contributed by atoms with Gasteiger partial charge in [-0.2, -0.15) is 0 Å². The zero-order valence-corrected chi connectivity index (χ0v) is 3.29. The van der Waals surface area contributed by atoms with Crippen LogP contribution >= 0.6 is 0 Å². The maximum Gasteiger partial charge on any atom is 0.265 e. The third-order valence-corrected chi connectivity index (χ3v) is 0.281. The molecule has 0 spiro atoms. The van der Waals surface area contributed by atoms with Crippen molar-refractivity contribution in [1.82, 2.24) is 0 Å². The fraction of sp³-hybridized carbons (Fsp3) is 0.667. The fourth-order valence-corrected chi connectivity index (χ4v) is 0. The maximum absolute atomic E-state index is 11.1. The van der Waals surface area contributed by atoms with E-state index in [4.69, 9.17) is 0 Å². The summed E-state index contributed by atoms with van der Waals surface area (Å²) >= 11 is 0. The minimum atomic E-state index is -0.495. The Hall–Kier alpha value is -0.110. The van der Waals surface area contributed by atoms with E-state index in [1.54, 1.807) is 0 Å². The van der Waals surface area contributed by atoms with Gasteiger partial charge in [-0.3, -0.25) is 0 Å². The molecule has 0 aromatic carbocycles. The second kappa shape index (κ2) is 2.15. The molecule has 0 aliphatic carbocycles. The van der Waals surface area contributed by atoms with Crippen LogP contribution in [0.5, 0.6) is 0 Å². The van der Waals surface area contributed by atoms with Crippen LogP contribution in [0.4, 0.5) is 4.39 Å². The van der Waals surface area contributed by atoms with Crippen molar-refractivity contribution in [3.63, 3.8) is 0 Å². The van der Waals surface area contributed by atoms with Gasteiger partial charge in [-0.15, -0.1) is 0 Å². The van der Waals surface area contributed by atoms with Crippen LogP contribution in [0.1, 0.15) is 6.92 Å². The van der Waals surface area contributed by atoms with Gasteiger partial charge < -0.3 is 4.74 Å². The molecule has 0 saturated carbocycles. The molecule has 2 heteroatoms. The van der Waals surface area contributed by atoms with Gasteiger partial charge in [0.05, 0.1) is 0 Å². The van der Waals surface area contributed by atoms with E-state index in [-0.39, 0.29) is 0 Å². The van der Waals surface area contributed by atoms with Crippen LogP contribution in [-0.4, -0.2) is 7.11 Å². The molecule has 0 heterocycles. The van der Waals surface area contributed by atoms with E-state index in [0.29, 0.717) is 0 Å². The number of hydrogen-bond acceptors (Lipinski definition) is 1. The van der Waals surface area contributed by atoms with E-state index in [1.807, 2.05) is 0 Å². The molecule has 0 aromatic heterocycles. The van der Waals surface area contributed by atoms with Gasteiger partial charge in [0.1, 0.15) is 0 Å². The highest BCUT2D eigenvalue weighted by Gasteiger charge is 1.88. The molecule has 0 rings (SSSR count). The van der Waals surface area contributed by atoms with Crippen molar-refractivity contribution in [2.24, 2.45) is 0 Å². The Morgan fingerprint density at radius 2 is 2.00 bits per heavy atom. The largest absolute Gasteiger partial charge is 0.345 e. The lowest BCUT2D eigenvalue weighted by atomic mass is 10.8. The van der Waals surface area contributed by atoms with Crippen molar-refractivity contribution in [3.8, 4) is 0 Å². The minimum Gasteiger partial charge on any atom is -0.345 e. The van der Waals surface area contributed by atoms with Gasteiger partial charge in [-0.05, 0) is 0 Å². The van der Waals surface area contributed by atoms with Crippen LogP contribution in [0.15, 0.2) is 0 Å². The van der Waals surface area contributed by atoms with E-state index in [1.165, 1.54) is 14.0 Å². The molecule has 0 bridgehead atoms. The Morgan fingerprint density at radius 3 is 2.00 bits per heavy atom. The number of methoxy groups -OCH3 is 1. The van der Waals surface area contributed by atoms with Gasteiger partial charge in [0, 0.05) is 14.0 Å². The first kappa shape index (κ1) is 4.89. The second-order valence-corrected chi connectivity index (χ2v) is 0.674. The van der Waals surface area contributed by atoms with Crippen molar-refractivity contribution in [3.05, 3.63) is 6.36 Å². The first-order valence-corrected chi connectivity index (χ1v) is 1.30. The minimum absolute atomic E-state index is 0.495. The molecule has 0 unspecified atom stereocenters. The molecule has 5 heavy (non-hydrogen) atoms. The third kappa shape index (κ3) is 3.89. The number of hydrogen-bond donors (Lipinski definition) is 0. The highest BCUT2D eigenvalue weighted by Crippen LogP contribution is 1.94. The van der Waals surface area contributed by atoms with Gasteiger partial charge >= 0.3 is 0 Å². The lowest BCUT2D eigenvalue weighted by Crippen LogP contribution is -1.79. The number of ether oxygens (including phenoxy) is 1. The highest BCUT2D eigenvalue weighted by molar-refractivity contribution is 4.43. The first-order chi connectivity index (χ1) is 2.27. The van der Waals surface area contributed by atoms with E-state index in [0.717, 1.165) is 0 Å². The summed E-state index contributed by atoms with van der Waals surface area (Å²) in [6.07, 6.45) is -0.495. The average molecular weight is 77.1 g/mol. The average Bonchev–Trinajstić information content (AvgIpc) is 1.38. The van der Waals surface area contributed by atoms with E-state index in [9.17, 15) is 4.39 Å². The van der Waals surface area contributed by atoms with Crippen LogP contribution in [0, 0.1) is 6.36 Å². The zero-order valence-electron chi connectivity index (χ0n) is 3.29. The number of halogens is 1. The van der Waals surface area contributed by atoms with Gasteiger partial charge in [0.2, 0.25) is 0 Å². The van der Waals surface area contributed by atoms with Crippen LogP contribution in [0.2, 0.25) is 0 Å². The summed E-state index contributed by atoms with van der Waals surface area (Å²) in [5.74, 6) is 0. The molecule has 0 amide bonds. The summed E-state index contributed by atoms with van der Waals surface area (Å²) in [5, 5.41) is 0. The van der Waals surface area contributed by atoms with Crippen LogP contribution < -0.4 is 0 Å². The summed E-state index contributed by atoms with van der Waals surface area (Å²) in [4.78, 5) is 0. The normalized spacial score (nSPS) is 9.60. The summed E-state index contributed by atoms with van der Waals surface area (Å²) in [6.45, 7) is 1.25. The van der Waals surface area contributed by atoms with Crippen molar-refractivity contribution in [1.29, 1.82) is 0 Å². The lowest BCUT2D eigenvalue weighted by Gasteiger charge is -1.87. The van der Waals surface area contributed by atoms with Crippen molar-refractivity contribution < 1.29 is 9.13 Å². The van der Waals surface area contributed by atoms with E-state index < -0.39 is 6.36 Å². The summed E-state index contributed by atoms with van der Waals surface area (Å²) in [6, 6.07) is 0. The van der Waals surface area contributed by atoms with Crippen LogP contribution in [0.3, 0.4) is 0 Å². The SMILES string of the molecule is CO[C](C)F. The summed E-state index contributed by atoms with van der Waals surface area (Å²) < 4.78 is 15.1. The molecule has 31 valence electrons. The predicted octanol–water partition coefficient (Wildman–Crippen LogP) is 1.11. The van der Waals surface area contributed by atoms with Crippen molar-refractivity contribution >= 4 is 0 Å². The standard InChI is InChI=1S/C3H6FO/c1-3(4)5-2/h1-2H3. The smallest absolute Gasteiger partial charge is 0.265 e. The topological polar surface area (TPSA) is 9.23 Å². The number of rotatable bonds is 1. The summed E-state index contributed by atoms with van der Waals surface area (Å²) in [7, 11) is 1.29. The zero-order chi connectivity index (χ0) is 4.28. The Bertz CT molecular complexity index is 20.9. The maximum atomic E-state index is 11.1. The molecule has 0 N–H and O–H groups in total. The molecular formula is C3H6FO. The molecule has 0 atom stereocenters. The van der Waals surface area contributed by atoms with Crippen molar-refractivity contribution in [2.75, 3.05) is 7.11 Å². The highest BCUT2D eigenvalue weighted by atomic mass is 19.1. The Kier molecular flexibility index (Phi) is 2.10. The van der Waals surface area contributed by atoms with Gasteiger partial charge in [0.25, 0.3) is 6.36 Å². The molecule has 0 saturated heterocycles. The van der Waals surface area contributed by atoms with Crippen molar-refractivity contribution in [2.45, 2.75) is 6.92 Å². The molecule has 0 aliphatic heterocycles. The lowest BCUT2D eigenvalue weighted by molar-refractivity contribution is 0.118. The summed E-state index contributed by atoms with van der Waals surface area (Å²) in [5.41, 5.74) is 0. The van der Waals surface area contributed by atoms with Crippen LogP contribution in [0.25, 0.3) is 0 Å². The molecule has 0 fully saturated rings. The Morgan fingerprint density at radius 1 is 1.80 bits per heavy atom. The quantitative estimate of drug-likeness (QED) is 0.455. The molecule has 0 aromatic rings. The van der Waals surface area contributed by atoms with Gasteiger partial charge in [-0.25, -0.2) is 4.39 Å². The third-order valence-electron chi connectivity index (χ3n) is 0.281. The fourth-order valence-electron chi connectivity index (χ4n) is 0. The van der Waals surface area contributed by atoms with E-state index >= 15 is 0 Å². The first-order valence-electron chi connectivity index (χ1n) is 1.30. The second-order valence-electron chi connectivity index (χ2n) is 0.674. The molecule has 1 radical (unpaired) electrons. The van der Waals surface area contributed by atoms with Crippen LogP contribution in [-0.2, 0) is 4.74 Å². The van der Waals surface area contributed by atoms with E-state index in [2.05, 4.69) is 4.74 Å². The monoisotopic (exact) mass is 77.0 g/mol. The van der Waals surface area contributed by atoms with Gasteiger partial charge in [0.15, 0.2) is 0 Å².